The number of nitrogen functional groups attached to an aromatic ring is 1. The summed E-state index contributed by atoms with van der Waals surface area (Å²) in [5, 5.41) is 9.95. The van der Waals surface area contributed by atoms with E-state index >= 15 is 0 Å². The Bertz CT molecular complexity index is 982. The Kier molecular flexibility index (Phi) is 4.55. The monoisotopic (exact) mass is 400 g/mol. The standard InChI is InChI=1S/C18H20N6O3S/c1-27-18(26)22-10-4-2-3-8(7-10)13-11-12(19)14(15(20)25)28-16(11)24-17(23-13)21-9-5-6-9/h2-4,7,9,13H,5-6,19H2,1H3,(H2,20,25)(H,22,26)(H2,21,23,24). The number of ether oxygens (including phenoxy) is 1. The number of carbonyl (C=O) groups is 2. The fraction of sp³-hybridized carbons (Fsp3) is 0.278. The van der Waals surface area contributed by atoms with Crippen LogP contribution in [0.15, 0.2) is 29.3 Å². The minimum absolute atomic E-state index is 0.300. The summed E-state index contributed by atoms with van der Waals surface area (Å²) in [6.07, 6.45) is 1.62. The van der Waals surface area contributed by atoms with E-state index < -0.39 is 18.0 Å². The van der Waals surface area contributed by atoms with Crippen molar-refractivity contribution < 1.29 is 14.3 Å². The van der Waals surface area contributed by atoms with Crippen LogP contribution in [-0.4, -0.2) is 31.1 Å². The van der Waals surface area contributed by atoms with E-state index in [9.17, 15) is 9.59 Å². The first-order valence-electron chi connectivity index (χ1n) is 8.74. The van der Waals surface area contributed by atoms with Crippen LogP contribution in [0.4, 0.5) is 21.2 Å². The molecule has 2 heterocycles. The molecular weight excluding hydrogens is 380 g/mol. The Morgan fingerprint density at radius 3 is 2.82 bits per heavy atom. The predicted molar refractivity (Wildman–Crippen MR) is 109 cm³/mol. The molecule has 1 fully saturated rings. The Hall–Kier alpha value is -3.27. The second kappa shape index (κ2) is 7.04. The third kappa shape index (κ3) is 3.46. The van der Waals surface area contributed by atoms with Gasteiger partial charge in [0.1, 0.15) is 15.9 Å². The Balaban J connectivity index is 1.75. The number of nitrogens with two attached hydrogens (primary N) is 2. The average molecular weight is 400 g/mol. The van der Waals surface area contributed by atoms with E-state index in [1.807, 2.05) is 12.1 Å². The Morgan fingerprint density at radius 2 is 2.14 bits per heavy atom. The van der Waals surface area contributed by atoms with E-state index in [0.29, 0.717) is 33.8 Å². The number of carbonyl (C=O) groups excluding carboxylic acids is 2. The molecule has 7 N–H and O–H groups in total. The number of thiophene rings is 1. The largest absolute Gasteiger partial charge is 0.453 e. The molecule has 9 nitrogen and oxygen atoms in total. The summed E-state index contributed by atoms with van der Waals surface area (Å²) >= 11 is 1.22. The summed E-state index contributed by atoms with van der Waals surface area (Å²) in [5.74, 6) is 0.0545. The minimum Gasteiger partial charge on any atom is -0.453 e. The first kappa shape index (κ1) is 18.1. The van der Waals surface area contributed by atoms with Gasteiger partial charge in [-0.05, 0) is 30.5 Å². The maximum atomic E-state index is 11.8. The van der Waals surface area contributed by atoms with Crippen LogP contribution in [0.2, 0.25) is 0 Å². The van der Waals surface area contributed by atoms with Crippen LogP contribution < -0.4 is 27.4 Å². The quantitative estimate of drug-likeness (QED) is 0.532. The van der Waals surface area contributed by atoms with Crippen molar-refractivity contribution in [3.63, 3.8) is 0 Å². The number of nitrogens with one attached hydrogen (secondary N) is 3. The summed E-state index contributed by atoms with van der Waals surface area (Å²) < 4.78 is 4.64. The van der Waals surface area contributed by atoms with Gasteiger partial charge in [0.25, 0.3) is 5.91 Å². The number of anilines is 3. The molecule has 1 aliphatic heterocycles. The molecule has 2 amide bonds. The number of aliphatic imine (C=N–C) groups is 1. The van der Waals surface area contributed by atoms with Crippen molar-refractivity contribution in [2.45, 2.75) is 24.9 Å². The topological polar surface area (TPSA) is 144 Å². The maximum Gasteiger partial charge on any atom is 0.411 e. The maximum absolute atomic E-state index is 11.8. The summed E-state index contributed by atoms with van der Waals surface area (Å²) in [7, 11) is 1.30. The molecule has 0 radical (unpaired) electrons. The fourth-order valence-corrected chi connectivity index (χ4v) is 4.03. The zero-order chi connectivity index (χ0) is 19.8. The lowest BCUT2D eigenvalue weighted by Gasteiger charge is -2.24. The van der Waals surface area contributed by atoms with E-state index in [1.165, 1.54) is 18.4 Å². The van der Waals surface area contributed by atoms with E-state index in [-0.39, 0.29) is 0 Å². The highest BCUT2D eigenvalue weighted by molar-refractivity contribution is 7.19. The van der Waals surface area contributed by atoms with Gasteiger partial charge in [-0.25, -0.2) is 9.79 Å². The van der Waals surface area contributed by atoms with Gasteiger partial charge in [0.05, 0.1) is 12.8 Å². The van der Waals surface area contributed by atoms with Gasteiger partial charge >= 0.3 is 6.09 Å². The highest BCUT2D eigenvalue weighted by atomic mass is 32.1. The number of hydrogen-bond donors (Lipinski definition) is 5. The van der Waals surface area contributed by atoms with Gasteiger partial charge in [-0.3, -0.25) is 10.1 Å². The Morgan fingerprint density at radius 1 is 1.36 bits per heavy atom. The van der Waals surface area contributed by atoms with Gasteiger partial charge < -0.3 is 26.8 Å². The molecule has 28 heavy (non-hydrogen) atoms. The van der Waals surface area contributed by atoms with E-state index in [4.69, 9.17) is 16.5 Å². The third-order valence-electron chi connectivity index (χ3n) is 4.52. The smallest absolute Gasteiger partial charge is 0.411 e. The third-order valence-corrected chi connectivity index (χ3v) is 5.67. The first-order valence-corrected chi connectivity index (χ1v) is 9.56. The molecule has 2 aliphatic rings. The van der Waals surface area contributed by atoms with Crippen LogP contribution in [0, 0.1) is 0 Å². The number of methoxy groups -OCH3 is 1. The van der Waals surface area contributed by atoms with Gasteiger partial charge in [0.2, 0.25) is 0 Å². The molecule has 10 heteroatoms. The number of benzene rings is 1. The van der Waals surface area contributed by atoms with Crippen LogP contribution in [0.3, 0.4) is 0 Å². The normalized spacial score (nSPS) is 17.8. The van der Waals surface area contributed by atoms with Gasteiger partial charge in [0, 0.05) is 17.3 Å². The summed E-state index contributed by atoms with van der Waals surface area (Å²) in [6, 6.07) is 7.21. The number of fused-ring (bicyclic) bond motifs is 1. The molecule has 0 spiro atoms. The van der Waals surface area contributed by atoms with Crippen molar-refractivity contribution in [3.05, 3.63) is 40.3 Å². The van der Waals surface area contributed by atoms with Gasteiger partial charge in [0.15, 0.2) is 5.96 Å². The van der Waals surface area contributed by atoms with E-state index in [2.05, 4.69) is 20.7 Å². The van der Waals surface area contributed by atoms with Crippen LogP contribution in [0.1, 0.15) is 39.7 Å². The number of rotatable bonds is 4. The minimum atomic E-state index is -0.574. The lowest BCUT2D eigenvalue weighted by atomic mass is 9.97. The predicted octanol–water partition coefficient (Wildman–Crippen LogP) is 2.23. The molecule has 1 aromatic carbocycles. The van der Waals surface area contributed by atoms with Crippen molar-refractivity contribution in [1.29, 1.82) is 0 Å². The van der Waals surface area contributed by atoms with Crippen molar-refractivity contribution in [1.82, 2.24) is 5.32 Å². The van der Waals surface area contributed by atoms with E-state index in [0.717, 1.165) is 23.4 Å². The highest BCUT2D eigenvalue weighted by Gasteiger charge is 2.32. The van der Waals surface area contributed by atoms with Crippen molar-refractivity contribution in [2.75, 3.05) is 23.5 Å². The molecule has 1 unspecified atom stereocenters. The zero-order valence-corrected chi connectivity index (χ0v) is 15.9. The number of hydrogen-bond acceptors (Lipinski definition) is 8. The molecule has 4 rings (SSSR count). The van der Waals surface area contributed by atoms with Crippen molar-refractivity contribution >= 4 is 45.7 Å². The average Bonchev–Trinajstić information content (AvgIpc) is 3.42. The second-order valence-electron chi connectivity index (χ2n) is 6.62. The number of nitrogens with zero attached hydrogens (tertiary/aromatic N) is 1. The highest BCUT2D eigenvalue weighted by Crippen LogP contribution is 2.45. The second-order valence-corrected chi connectivity index (χ2v) is 7.64. The molecular formula is C18H20N6O3S. The van der Waals surface area contributed by atoms with Crippen molar-refractivity contribution in [2.24, 2.45) is 10.7 Å². The number of amides is 2. The van der Waals surface area contributed by atoms with Gasteiger partial charge in [-0.1, -0.05) is 12.1 Å². The first-order chi connectivity index (χ1) is 13.5. The number of primary amides is 1. The molecule has 146 valence electrons. The SMILES string of the molecule is COC(=O)Nc1cccc(C2N=C(NC3CC3)Nc3sc(C(N)=O)c(N)c32)c1. The van der Waals surface area contributed by atoms with Gasteiger partial charge in [-0.2, -0.15) is 0 Å². The summed E-state index contributed by atoms with van der Waals surface area (Å²) in [4.78, 5) is 28.4. The molecule has 2 aromatic rings. The van der Waals surface area contributed by atoms with Crippen LogP contribution in [0.25, 0.3) is 0 Å². The Labute approximate surface area is 165 Å². The zero-order valence-electron chi connectivity index (χ0n) is 15.1. The van der Waals surface area contributed by atoms with E-state index in [1.54, 1.807) is 12.1 Å². The lowest BCUT2D eigenvalue weighted by Crippen LogP contribution is -2.35. The summed E-state index contributed by atoms with van der Waals surface area (Å²) in [6.45, 7) is 0. The van der Waals surface area contributed by atoms with Crippen LogP contribution >= 0.6 is 11.3 Å². The summed E-state index contributed by atoms with van der Waals surface area (Å²) in [5.41, 5.74) is 14.1. The van der Waals surface area contributed by atoms with Crippen LogP contribution in [0.5, 0.6) is 0 Å². The lowest BCUT2D eigenvalue weighted by molar-refractivity contribution is 0.100. The fourth-order valence-electron chi connectivity index (χ4n) is 3.03. The van der Waals surface area contributed by atoms with Crippen molar-refractivity contribution in [3.8, 4) is 0 Å². The molecule has 1 aromatic heterocycles. The molecule has 1 saturated carbocycles. The number of guanidine groups is 1. The molecule has 0 saturated heterocycles. The molecule has 0 bridgehead atoms. The van der Waals surface area contributed by atoms with Gasteiger partial charge in [-0.15, -0.1) is 11.3 Å². The van der Waals surface area contributed by atoms with Crippen LogP contribution in [-0.2, 0) is 4.74 Å². The molecule has 1 atom stereocenters. The molecule has 1 aliphatic carbocycles.